The molecule has 15 heavy (non-hydrogen) atoms. The summed E-state index contributed by atoms with van der Waals surface area (Å²) in [5.74, 6) is 0.564. The van der Waals surface area contributed by atoms with E-state index in [4.69, 9.17) is 11.6 Å². The molecule has 0 spiro atoms. The summed E-state index contributed by atoms with van der Waals surface area (Å²) in [6, 6.07) is -0.00785. The van der Waals surface area contributed by atoms with E-state index >= 15 is 0 Å². The van der Waals surface area contributed by atoms with E-state index in [0.717, 1.165) is 17.1 Å². The first kappa shape index (κ1) is 12.5. The number of hydrogen-bond donors (Lipinski definition) is 1. The van der Waals surface area contributed by atoms with Gasteiger partial charge < -0.3 is 5.32 Å². The maximum absolute atomic E-state index is 11.4. The highest BCUT2D eigenvalue weighted by molar-refractivity contribution is 7.09. The standard InChI is InChI=1S/C10H15ClN2OS/c1-7-6-15-10(12-7)8(2)13-9(14)4-3-5-11/h6,8H,3-5H2,1-2H3,(H,13,14). The molecule has 0 aliphatic heterocycles. The van der Waals surface area contributed by atoms with Crippen molar-refractivity contribution in [1.29, 1.82) is 0 Å². The van der Waals surface area contributed by atoms with Gasteiger partial charge in [-0.1, -0.05) is 0 Å². The molecule has 0 fully saturated rings. The molecule has 3 nitrogen and oxygen atoms in total. The van der Waals surface area contributed by atoms with Gasteiger partial charge in [0.15, 0.2) is 0 Å². The number of aryl methyl sites for hydroxylation is 1. The molecular weight excluding hydrogens is 232 g/mol. The molecular formula is C10H15ClN2OS. The summed E-state index contributed by atoms with van der Waals surface area (Å²) in [4.78, 5) is 15.7. The van der Waals surface area contributed by atoms with Crippen LogP contribution in [-0.2, 0) is 4.79 Å². The summed E-state index contributed by atoms with van der Waals surface area (Å²) in [7, 11) is 0. The van der Waals surface area contributed by atoms with Gasteiger partial charge in [0, 0.05) is 23.4 Å². The second-order valence-corrected chi connectivity index (χ2v) is 4.68. The predicted molar refractivity (Wildman–Crippen MR) is 63.4 cm³/mol. The lowest BCUT2D eigenvalue weighted by Crippen LogP contribution is -2.26. The maximum Gasteiger partial charge on any atom is 0.220 e. The van der Waals surface area contributed by atoms with Crippen LogP contribution < -0.4 is 5.32 Å². The summed E-state index contributed by atoms with van der Waals surface area (Å²) in [6.07, 6.45) is 1.20. The molecule has 1 amide bonds. The van der Waals surface area contributed by atoms with Gasteiger partial charge in [0.2, 0.25) is 5.91 Å². The summed E-state index contributed by atoms with van der Waals surface area (Å²) in [6.45, 7) is 3.89. The molecule has 1 unspecified atom stereocenters. The van der Waals surface area contributed by atoms with Gasteiger partial charge in [-0.2, -0.15) is 0 Å². The molecule has 1 atom stereocenters. The molecule has 0 saturated heterocycles. The van der Waals surface area contributed by atoms with Crippen LogP contribution in [-0.4, -0.2) is 16.8 Å². The summed E-state index contributed by atoms with van der Waals surface area (Å²) < 4.78 is 0. The maximum atomic E-state index is 11.4. The van der Waals surface area contributed by atoms with Crippen LogP contribution in [0, 0.1) is 6.92 Å². The molecule has 0 aromatic carbocycles. The fourth-order valence-electron chi connectivity index (χ4n) is 1.17. The van der Waals surface area contributed by atoms with Gasteiger partial charge in [-0.3, -0.25) is 4.79 Å². The Kier molecular flexibility index (Phi) is 5.05. The van der Waals surface area contributed by atoms with Crippen molar-refractivity contribution in [3.63, 3.8) is 0 Å². The first-order valence-corrected chi connectivity index (χ1v) is 6.32. The predicted octanol–water partition coefficient (Wildman–Crippen LogP) is 2.65. The molecule has 84 valence electrons. The van der Waals surface area contributed by atoms with Gasteiger partial charge in [0.25, 0.3) is 0 Å². The van der Waals surface area contributed by atoms with Crippen molar-refractivity contribution in [1.82, 2.24) is 10.3 Å². The van der Waals surface area contributed by atoms with Crippen LogP contribution in [0.2, 0.25) is 0 Å². The van der Waals surface area contributed by atoms with E-state index in [-0.39, 0.29) is 11.9 Å². The average Bonchev–Trinajstić information content (AvgIpc) is 2.61. The highest BCUT2D eigenvalue weighted by Crippen LogP contribution is 2.17. The van der Waals surface area contributed by atoms with Crippen molar-refractivity contribution in [2.45, 2.75) is 32.7 Å². The van der Waals surface area contributed by atoms with Gasteiger partial charge in [-0.15, -0.1) is 22.9 Å². The first-order chi connectivity index (χ1) is 7.13. The monoisotopic (exact) mass is 246 g/mol. The van der Waals surface area contributed by atoms with Crippen molar-refractivity contribution >= 4 is 28.8 Å². The smallest absolute Gasteiger partial charge is 0.220 e. The molecule has 1 N–H and O–H groups in total. The van der Waals surface area contributed by atoms with E-state index in [1.54, 1.807) is 11.3 Å². The third-order valence-electron chi connectivity index (χ3n) is 1.92. The second-order valence-electron chi connectivity index (χ2n) is 3.41. The van der Waals surface area contributed by atoms with E-state index in [9.17, 15) is 4.79 Å². The highest BCUT2D eigenvalue weighted by atomic mass is 35.5. The van der Waals surface area contributed by atoms with E-state index in [0.29, 0.717) is 12.3 Å². The SMILES string of the molecule is Cc1csc(C(C)NC(=O)CCCCl)n1. The summed E-state index contributed by atoms with van der Waals surface area (Å²) in [5.41, 5.74) is 0.997. The van der Waals surface area contributed by atoms with E-state index in [2.05, 4.69) is 10.3 Å². The van der Waals surface area contributed by atoms with E-state index in [1.807, 2.05) is 19.2 Å². The van der Waals surface area contributed by atoms with Crippen LogP contribution in [0.15, 0.2) is 5.38 Å². The quantitative estimate of drug-likeness (QED) is 0.812. The Morgan fingerprint density at radius 2 is 2.47 bits per heavy atom. The summed E-state index contributed by atoms with van der Waals surface area (Å²) in [5, 5.41) is 5.83. The zero-order valence-electron chi connectivity index (χ0n) is 8.92. The summed E-state index contributed by atoms with van der Waals surface area (Å²) >= 11 is 7.08. The van der Waals surface area contributed by atoms with Gasteiger partial charge in [0.05, 0.1) is 6.04 Å². The lowest BCUT2D eigenvalue weighted by atomic mass is 10.3. The third-order valence-corrected chi connectivity index (χ3v) is 3.33. The Morgan fingerprint density at radius 1 is 1.73 bits per heavy atom. The number of alkyl halides is 1. The number of amides is 1. The van der Waals surface area contributed by atoms with E-state index < -0.39 is 0 Å². The molecule has 0 saturated carbocycles. The molecule has 0 bridgehead atoms. The first-order valence-electron chi connectivity index (χ1n) is 4.91. The highest BCUT2D eigenvalue weighted by Gasteiger charge is 2.11. The molecule has 1 heterocycles. The Bertz CT molecular complexity index is 327. The molecule has 0 radical (unpaired) electrons. The van der Waals surface area contributed by atoms with Gasteiger partial charge in [0.1, 0.15) is 5.01 Å². The Labute approximate surface area is 98.9 Å². The van der Waals surface area contributed by atoms with Crippen LogP contribution in [0.25, 0.3) is 0 Å². The number of hydrogen-bond acceptors (Lipinski definition) is 3. The Hall–Kier alpha value is -0.610. The molecule has 1 rings (SSSR count). The van der Waals surface area contributed by atoms with Crippen molar-refractivity contribution in [3.8, 4) is 0 Å². The van der Waals surface area contributed by atoms with Gasteiger partial charge in [-0.05, 0) is 20.3 Å². The van der Waals surface area contributed by atoms with Crippen molar-refractivity contribution in [2.75, 3.05) is 5.88 Å². The molecule has 1 aromatic heterocycles. The minimum absolute atomic E-state index is 0.00785. The number of aromatic nitrogens is 1. The van der Waals surface area contributed by atoms with Crippen molar-refractivity contribution < 1.29 is 4.79 Å². The van der Waals surface area contributed by atoms with Crippen LogP contribution in [0.4, 0.5) is 0 Å². The number of nitrogens with one attached hydrogen (secondary N) is 1. The fraction of sp³-hybridized carbons (Fsp3) is 0.600. The number of thiazole rings is 1. The minimum atomic E-state index is -0.00785. The Morgan fingerprint density at radius 3 is 3.00 bits per heavy atom. The van der Waals surface area contributed by atoms with Gasteiger partial charge in [-0.25, -0.2) is 4.98 Å². The zero-order valence-corrected chi connectivity index (χ0v) is 10.5. The Balaban J connectivity index is 2.41. The molecule has 0 aliphatic carbocycles. The average molecular weight is 247 g/mol. The lowest BCUT2D eigenvalue weighted by molar-refractivity contribution is -0.121. The molecule has 1 aromatic rings. The van der Waals surface area contributed by atoms with E-state index in [1.165, 1.54) is 0 Å². The van der Waals surface area contributed by atoms with Crippen LogP contribution in [0.5, 0.6) is 0 Å². The molecule has 5 heteroatoms. The number of carbonyl (C=O) groups excluding carboxylic acids is 1. The minimum Gasteiger partial charge on any atom is -0.347 e. The number of nitrogens with zero attached hydrogens (tertiary/aromatic N) is 1. The fourth-order valence-corrected chi connectivity index (χ4v) is 2.11. The second kappa shape index (κ2) is 6.08. The lowest BCUT2D eigenvalue weighted by Gasteiger charge is -2.10. The zero-order chi connectivity index (χ0) is 11.3. The van der Waals surface area contributed by atoms with Crippen LogP contribution in [0.1, 0.15) is 36.5 Å². The molecule has 0 aliphatic rings. The number of halogens is 1. The largest absolute Gasteiger partial charge is 0.347 e. The van der Waals surface area contributed by atoms with Crippen molar-refractivity contribution in [2.24, 2.45) is 0 Å². The van der Waals surface area contributed by atoms with Crippen LogP contribution >= 0.6 is 22.9 Å². The number of rotatable bonds is 5. The topological polar surface area (TPSA) is 42.0 Å². The van der Waals surface area contributed by atoms with Crippen LogP contribution in [0.3, 0.4) is 0 Å². The normalized spacial score (nSPS) is 12.5. The number of carbonyl (C=O) groups is 1. The van der Waals surface area contributed by atoms with Gasteiger partial charge >= 0.3 is 0 Å². The van der Waals surface area contributed by atoms with Crippen molar-refractivity contribution in [3.05, 3.63) is 16.1 Å². The third kappa shape index (κ3) is 4.18.